The average Bonchev–Trinajstić information content (AvgIpc) is 3.11. The fourth-order valence-electron chi connectivity index (χ4n) is 2.56. The minimum Gasteiger partial charge on any atom is -0.316 e. The maximum atomic E-state index is 12.1. The molecular formula is C19H15IN4O3. The molecule has 0 aliphatic heterocycles. The molecule has 2 aromatic carbocycles. The third-order valence-corrected chi connectivity index (χ3v) is 4.53. The minimum absolute atomic E-state index is 0.0794. The number of hydrogen-bond donors (Lipinski definition) is 1. The van der Waals surface area contributed by atoms with Crippen molar-refractivity contribution in [3.8, 4) is 5.69 Å². The van der Waals surface area contributed by atoms with Gasteiger partial charge in [-0.2, -0.15) is 5.10 Å². The second-order valence-electron chi connectivity index (χ2n) is 5.64. The van der Waals surface area contributed by atoms with Crippen molar-refractivity contribution in [2.24, 2.45) is 5.10 Å². The van der Waals surface area contributed by atoms with Gasteiger partial charge in [-0.3, -0.25) is 14.9 Å². The maximum absolute atomic E-state index is 12.1. The van der Waals surface area contributed by atoms with Crippen LogP contribution in [0, 0.1) is 13.7 Å². The number of nitrogens with one attached hydrogen (secondary N) is 1. The number of rotatable bonds is 6. The maximum Gasteiger partial charge on any atom is 0.273 e. The second kappa shape index (κ2) is 8.58. The van der Waals surface area contributed by atoms with Gasteiger partial charge in [-0.05, 0) is 59.0 Å². The fourth-order valence-corrected chi connectivity index (χ4v) is 2.92. The third kappa shape index (κ3) is 4.79. The lowest BCUT2D eigenvalue weighted by atomic mass is 10.1. The molecule has 1 amide bonds. The van der Waals surface area contributed by atoms with Gasteiger partial charge in [-0.15, -0.1) is 0 Å². The van der Waals surface area contributed by atoms with Crippen LogP contribution in [0.25, 0.3) is 5.69 Å². The molecule has 7 nitrogen and oxygen atoms in total. The molecule has 3 aromatic rings. The van der Waals surface area contributed by atoms with E-state index in [0.29, 0.717) is 5.56 Å². The molecule has 8 heteroatoms. The van der Waals surface area contributed by atoms with Crippen LogP contribution in [0.2, 0.25) is 0 Å². The van der Waals surface area contributed by atoms with Gasteiger partial charge < -0.3 is 4.57 Å². The number of aromatic nitrogens is 1. The lowest BCUT2D eigenvalue weighted by Crippen LogP contribution is -2.20. The van der Waals surface area contributed by atoms with E-state index in [9.17, 15) is 14.9 Å². The molecule has 0 radical (unpaired) electrons. The topological polar surface area (TPSA) is 89.5 Å². The average molecular weight is 474 g/mol. The summed E-state index contributed by atoms with van der Waals surface area (Å²) in [5.41, 5.74) is 4.46. The molecule has 1 heterocycles. The zero-order chi connectivity index (χ0) is 19.2. The smallest absolute Gasteiger partial charge is 0.273 e. The molecule has 1 N–H and O–H groups in total. The number of para-hydroxylation sites is 1. The normalized spacial score (nSPS) is 10.9. The molecular weight excluding hydrogens is 459 g/mol. The third-order valence-electron chi connectivity index (χ3n) is 3.81. The summed E-state index contributed by atoms with van der Waals surface area (Å²) in [6.07, 6.45) is 3.32. The van der Waals surface area contributed by atoms with E-state index < -0.39 is 10.8 Å². The number of nitro benzene ring substituents is 1. The zero-order valence-corrected chi connectivity index (χ0v) is 16.2. The molecule has 0 bridgehead atoms. The highest BCUT2D eigenvalue weighted by molar-refractivity contribution is 14.1. The highest BCUT2D eigenvalue weighted by Gasteiger charge is 2.15. The molecule has 3 rings (SSSR count). The summed E-state index contributed by atoms with van der Waals surface area (Å²) in [6, 6.07) is 17.9. The zero-order valence-electron chi connectivity index (χ0n) is 14.1. The summed E-state index contributed by atoms with van der Waals surface area (Å²) in [7, 11) is 0. The largest absolute Gasteiger partial charge is 0.316 e. The van der Waals surface area contributed by atoms with E-state index in [2.05, 4.69) is 33.1 Å². The van der Waals surface area contributed by atoms with Crippen LogP contribution in [-0.2, 0) is 11.2 Å². The van der Waals surface area contributed by atoms with E-state index in [1.54, 1.807) is 18.2 Å². The van der Waals surface area contributed by atoms with Crippen LogP contribution in [0.4, 0.5) is 5.69 Å². The number of amides is 1. The standard InChI is InChI=1S/C19H15IN4O3/c20-15-7-9-16(10-8-15)23-11-3-5-17(23)13-21-22-19(25)12-14-4-1-2-6-18(14)24(26)27/h1-11,13H,12H2,(H,22,25). The van der Waals surface area contributed by atoms with Gasteiger partial charge in [0.2, 0.25) is 5.91 Å². The van der Waals surface area contributed by atoms with Crippen LogP contribution in [0.5, 0.6) is 0 Å². The molecule has 0 saturated carbocycles. The van der Waals surface area contributed by atoms with Gasteiger partial charge >= 0.3 is 0 Å². The molecule has 0 unspecified atom stereocenters. The molecule has 27 heavy (non-hydrogen) atoms. The Bertz CT molecular complexity index is 996. The van der Waals surface area contributed by atoms with Gasteiger partial charge in [-0.1, -0.05) is 18.2 Å². The predicted molar refractivity (Wildman–Crippen MR) is 111 cm³/mol. The Morgan fingerprint density at radius 3 is 2.63 bits per heavy atom. The number of nitrogens with zero attached hydrogens (tertiary/aromatic N) is 3. The molecule has 0 atom stereocenters. The highest BCUT2D eigenvalue weighted by Crippen LogP contribution is 2.18. The summed E-state index contributed by atoms with van der Waals surface area (Å²) in [5, 5.41) is 15.0. The summed E-state index contributed by atoms with van der Waals surface area (Å²) >= 11 is 2.24. The van der Waals surface area contributed by atoms with Gasteiger partial charge in [0.25, 0.3) is 5.69 Å². The van der Waals surface area contributed by atoms with Gasteiger partial charge in [0.15, 0.2) is 0 Å². The highest BCUT2D eigenvalue weighted by atomic mass is 127. The van der Waals surface area contributed by atoms with E-state index in [1.165, 1.54) is 12.3 Å². The van der Waals surface area contributed by atoms with Crippen molar-refractivity contribution < 1.29 is 9.72 Å². The van der Waals surface area contributed by atoms with Crippen LogP contribution in [0.1, 0.15) is 11.3 Å². The van der Waals surface area contributed by atoms with Crippen LogP contribution < -0.4 is 5.43 Å². The number of benzene rings is 2. The number of hydrogen-bond acceptors (Lipinski definition) is 4. The van der Waals surface area contributed by atoms with Crippen LogP contribution in [0.15, 0.2) is 72.0 Å². The predicted octanol–water partition coefficient (Wildman–Crippen LogP) is 3.68. The van der Waals surface area contributed by atoms with Crippen LogP contribution in [-0.4, -0.2) is 21.6 Å². The molecule has 0 aliphatic rings. The first-order chi connectivity index (χ1) is 13.0. The van der Waals surface area contributed by atoms with Gasteiger partial charge in [-0.25, -0.2) is 5.43 Å². The van der Waals surface area contributed by atoms with E-state index in [4.69, 9.17) is 0 Å². The van der Waals surface area contributed by atoms with E-state index in [-0.39, 0.29) is 12.1 Å². The molecule has 0 spiro atoms. The number of hydrazone groups is 1. The second-order valence-corrected chi connectivity index (χ2v) is 6.88. The summed E-state index contributed by atoms with van der Waals surface area (Å²) < 4.78 is 3.08. The summed E-state index contributed by atoms with van der Waals surface area (Å²) in [5.74, 6) is -0.423. The Balaban J connectivity index is 1.67. The van der Waals surface area contributed by atoms with Crippen molar-refractivity contribution in [2.75, 3.05) is 0 Å². The minimum atomic E-state index is -0.500. The number of halogens is 1. The van der Waals surface area contributed by atoms with Gasteiger partial charge in [0.05, 0.1) is 23.3 Å². The Kier molecular flexibility index (Phi) is 5.97. The van der Waals surface area contributed by atoms with Gasteiger partial charge in [0, 0.05) is 27.1 Å². The number of nitro groups is 1. The van der Waals surface area contributed by atoms with Crippen molar-refractivity contribution >= 4 is 40.4 Å². The van der Waals surface area contributed by atoms with Crippen molar-refractivity contribution in [1.82, 2.24) is 9.99 Å². The Hall–Kier alpha value is -3.01. The van der Waals surface area contributed by atoms with E-state index >= 15 is 0 Å². The molecule has 0 aliphatic carbocycles. The molecule has 136 valence electrons. The molecule has 1 aromatic heterocycles. The fraction of sp³-hybridized carbons (Fsp3) is 0.0526. The molecule has 0 fully saturated rings. The number of carbonyl (C=O) groups excluding carboxylic acids is 1. The summed E-state index contributed by atoms with van der Waals surface area (Å²) in [4.78, 5) is 22.6. The Morgan fingerprint density at radius 2 is 1.89 bits per heavy atom. The van der Waals surface area contributed by atoms with E-state index in [1.807, 2.05) is 47.2 Å². The van der Waals surface area contributed by atoms with E-state index in [0.717, 1.165) is 15.0 Å². The Labute approximate surface area is 169 Å². The van der Waals surface area contributed by atoms with Gasteiger partial charge in [0.1, 0.15) is 0 Å². The van der Waals surface area contributed by atoms with Crippen molar-refractivity contribution in [3.63, 3.8) is 0 Å². The quantitative estimate of drug-likeness (QED) is 0.256. The van der Waals surface area contributed by atoms with Crippen molar-refractivity contribution in [2.45, 2.75) is 6.42 Å². The number of carbonyl (C=O) groups is 1. The SMILES string of the molecule is O=C(Cc1ccccc1[N+](=O)[O-])NN=Cc1cccn1-c1ccc(I)cc1. The van der Waals surface area contributed by atoms with Crippen molar-refractivity contribution in [3.05, 3.63) is 91.8 Å². The first kappa shape index (κ1) is 18.8. The Morgan fingerprint density at radius 1 is 1.15 bits per heavy atom. The van der Waals surface area contributed by atoms with Crippen LogP contribution in [0.3, 0.4) is 0 Å². The first-order valence-corrected chi connectivity index (χ1v) is 9.10. The monoisotopic (exact) mass is 474 g/mol. The van der Waals surface area contributed by atoms with Crippen LogP contribution >= 0.6 is 22.6 Å². The summed E-state index contributed by atoms with van der Waals surface area (Å²) in [6.45, 7) is 0. The van der Waals surface area contributed by atoms with Crippen molar-refractivity contribution in [1.29, 1.82) is 0 Å². The molecule has 0 saturated heterocycles. The lowest BCUT2D eigenvalue weighted by molar-refractivity contribution is -0.385. The first-order valence-electron chi connectivity index (χ1n) is 8.02. The lowest BCUT2D eigenvalue weighted by Gasteiger charge is -2.06.